The second-order valence-corrected chi connectivity index (χ2v) is 9.89. The van der Waals surface area contributed by atoms with E-state index in [4.69, 9.17) is 4.42 Å². The summed E-state index contributed by atoms with van der Waals surface area (Å²) in [6.45, 7) is 8.23. The minimum atomic E-state index is -2.01. The van der Waals surface area contributed by atoms with E-state index >= 15 is 0 Å². The zero-order chi connectivity index (χ0) is 22.0. The third-order valence-electron chi connectivity index (χ3n) is 7.49. The van der Waals surface area contributed by atoms with Crippen molar-refractivity contribution < 1.29 is 29.5 Å². The first-order valence-corrected chi connectivity index (χ1v) is 10.6. The molecule has 0 radical (unpaired) electrons. The van der Waals surface area contributed by atoms with Crippen molar-refractivity contribution in [3.8, 4) is 11.5 Å². The fourth-order valence-corrected chi connectivity index (χ4v) is 6.30. The molecule has 1 fully saturated rings. The van der Waals surface area contributed by atoms with E-state index in [1.807, 2.05) is 0 Å². The van der Waals surface area contributed by atoms with Gasteiger partial charge in [0.2, 0.25) is 5.91 Å². The van der Waals surface area contributed by atoms with Gasteiger partial charge < -0.3 is 30.0 Å². The van der Waals surface area contributed by atoms with Crippen molar-refractivity contribution in [3.05, 3.63) is 17.4 Å². The highest BCUT2D eigenvalue weighted by molar-refractivity contribution is 6.63. The lowest BCUT2D eigenvalue weighted by Gasteiger charge is -2.50. The van der Waals surface area contributed by atoms with Crippen molar-refractivity contribution in [3.63, 3.8) is 0 Å². The molecule has 1 aromatic heterocycles. The van der Waals surface area contributed by atoms with Gasteiger partial charge in [0.05, 0.1) is 11.5 Å². The minimum absolute atomic E-state index is 0.0806. The zero-order valence-electron chi connectivity index (χ0n) is 18.0. The molecule has 7 nitrogen and oxygen atoms in total. The van der Waals surface area contributed by atoms with Crippen LogP contribution in [0.2, 0.25) is 0 Å². The van der Waals surface area contributed by atoms with Crippen LogP contribution in [0.4, 0.5) is 0 Å². The van der Waals surface area contributed by atoms with Crippen molar-refractivity contribution in [2.75, 3.05) is 0 Å². The van der Waals surface area contributed by atoms with E-state index in [1.54, 1.807) is 0 Å². The predicted octanol–water partition coefficient (Wildman–Crippen LogP) is 2.58. The summed E-state index contributed by atoms with van der Waals surface area (Å²) in [6.07, 6.45) is 4.69. The summed E-state index contributed by atoms with van der Waals surface area (Å²) in [5.41, 5.74) is 0.581. The molecule has 1 saturated carbocycles. The van der Waals surface area contributed by atoms with Crippen LogP contribution in [0.1, 0.15) is 77.2 Å². The number of amides is 1. The molecular weight excluding hydrogens is 385 g/mol. The third kappa shape index (κ3) is 3.00. The van der Waals surface area contributed by atoms with Crippen molar-refractivity contribution in [2.24, 2.45) is 11.3 Å². The molecule has 8 heteroatoms. The van der Waals surface area contributed by atoms with E-state index in [2.05, 4.69) is 26.1 Å². The lowest BCUT2D eigenvalue weighted by molar-refractivity contribution is -0.119. The lowest BCUT2D eigenvalue weighted by Crippen LogP contribution is -2.44. The summed E-state index contributed by atoms with van der Waals surface area (Å²) in [5.74, 6) is -0.313. The molecule has 2 aromatic rings. The number of fused-ring (bicyclic) bond motifs is 5. The second kappa shape index (κ2) is 6.92. The average Bonchev–Trinajstić information content (AvgIpc) is 2.93. The molecule has 0 saturated heterocycles. The number of nitrogens with one attached hydrogen (secondary N) is 1. The molecule has 162 valence electrons. The number of rotatable bonds is 2. The molecule has 0 aliphatic heterocycles. The van der Waals surface area contributed by atoms with Gasteiger partial charge in [0.15, 0.2) is 11.5 Å². The van der Waals surface area contributed by atoms with Gasteiger partial charge in [0, 0.05) is 17.9 Å². The Kier molecular flexibility index (Phi) is 4.86. The van der Waals surface area contributed by atoms with E-state index in [1.165, 1.54) is 13.0 Å². The highest BCUT2D eigenvalue weighted by Gasteiger charge is 2.52. The van der Waals surface area contributed by atoms with Crippen molar-refractivity contribution in [2.45, 2.75) is 71.3 Å². The summed E-state index contributed by atoms with van der Waals surface area (Å²) in [6, 6.07) is 1.08. The molecule has 0 bridgehead atoms. The SMILES string of the molecule is CC(=O)NC1CC[C@@H]2C(C)(C)CCC[C@@]2(C)c2c1oc1c(B(O)O)c(O)c(O)cc21. The molecule has 2 aliphatic rings. The first-order valence-electron chi connectivity index (χ1n) is 10.6. The van der Waals surface area contributed by atoms with Crippen LogP contribution in [0, 0.1) is 11.3 Å². The maximum atomic E-state index is 11.9. The quantitative estimate of drug-likeness (QED) is 0.380. The van der Waals surface area contributed by atoms with Gasteiger partial charge in [-0.1, -0.05) is 27.2 Å². The topological polar surface area (TPSA) is 123 Å². The molecule has 4 rings (SSSR count). The Balaban J connectivity index is 2.08. The van der Waals surface area contributed by atoms with Crippen LogP contribution >= 0.6 is 0 Å². The van der Waals surface area contributed by atoms with Gasteiger partial charge in [-0.05, 0) is 48.5 Å². The first kappa shape index (κ1) is 21.1. The van der Waals surface area contributed by atoms with Gasteiger partial charge in [-0.25, -0.2) is 0 Å². The van der Waals surface area contributed by atoms with Crippen LogP contribution in [0.25, 0.3) is 11.0 Å². The average molecular weight is 415 g/mol. The number of aromatic hydroxyl groups is 2. The Morgan fingerprint density at radius 2 is 1.90 bits per heavy atom. The van der Waals surface area contributed by atoms with E-state index in [9.17, 15) is 25.1 Å². The summed E-state index contributed by atoms with van der Waals surface area (Å²) >= 11 is 0. The monoisotopic (exact) mass is 415 g/mol. The highest BCUT2D eigenvalue weighted by Crippen LogP contribution is 2.59. The fraction of sp³-hybridized carbons (Fsp3) is 0.591. The maximum Gasteiger partial charge on any atom is 0.496 e. The largest absolute Gasteiger partial charge is 0.504 e. The van der Waals surface area contributed by atoms with E-state index in [0.717, 1.165) is 31.2 Å². The zero-order valence-corrected chi connectivity index (χ0v) is 18.0. The van der Waals surface area contributed by atoms with E-state index < -0.39 is 18.6 Å². The van der Waals surface area contributed by atoms with Crippen LogP contribution in [-0.2, 0) is 10.2 Å². The highest BCUT2D eigenvalue weighted by atomic mass is 16.4. The molecule has 5 N–H and O–H groups in total. The van der Waals surface area contributed by atoms with Crippen LogP contribution < -0.4 is 10.8 Å². The molecule has 1 unspecified atom stereocenters. The van der Waals surface area contributed by atoms with Gasteiger partial charge in [-0.3, -0.25) is 4.79 Å². The van der Waals surface area contributed by atoms with Crippen LogP contribution in [-0.4, -0.2) is 33.3 Å². The Morgan fingerprint density at radius 1 is 1.20 bits per heavy atom. The molecule has 1 aromatic carbocycles. The van der Waals surface area contributed by atoms with E-state index in [-0.39, 0.29) is 33.8 Å². The van der Waals surface area contributed by atoms with Crippen molar-refractivity contribution in [1.29, 1.82) is 0 Å². The van der Waals surface area contributed by atoms with Crippen molar-refractivity contribution >= 4 is 29.5 Å². The normalized spacial score (nSPS) is 27.8. The Bertz CT molecular complexity index is 1010. The summed E-state index contributed by atoms with van der Waals surface area (Å²) in [7, 11) is -2.01. The van der Waals surface area contributed by atoms with Crippen molar-refractivity contribution in [1.82, 2.24) is 5.32 Å². The van der Waals surface area contributed by atoms with Crippen LogP contribution in [0.3, 0.4) is 0 Å². The number of hydrogen-bond acceptors (Lipinski definition) is 6. The number of carbonyl (C=O) groups is 1. The Hall–Kier alpha value is -2.19. The van der Waals surface area contributed by atoms with Gasteiger partial charge in [-0.2, -0.15) is 0 Å². The molecular formula is C22H30BNO6. The minimum Gasteiger partial charge on any atom is -0.504 e. The second-order valence-electron chi connectivity index (χ2n) is 9.89. The maximum absolute atomic E-state index is 11.9. The van der Waals surface area contributed by atoms with Crippen LogP contribution in [0.5, 0.6) is 11.5 Å². The predicted molar refractivity (Wildman–Crippen MR) is 114 cm³/mol. The lowest BCUT2D eigenvalue weighted by atomic mass is 9.53. The van der Waals surface area contributed by atoms with E-state index in [0.29, 0.717) is 23.5 Å². The summed E-state index contributed by atoms with van der Waals surface area (Å²) in [5, 5.41) is 44.0. The fourth-order valence-electron chi connectivity index (χ4n) is 6.30. The number of carbonyl (C=O) groups excluding carboxylic acids is 1. The summed E-state index contributed by atoms with van der Waals surface area (Å²) < 4.78 is 6.19. The number of phenolic OH excluding ortho intramolecular Hbond substituents is 2. The van der Waals surface area contributed by atoms with Gasteiger partial charge in [0.1, 0.15) is 11.3 Å². The smallest absolute Gasteiger partial charge is 0.496 e. The number of benzene rings is 1. The molecule has 1 amide bonds. The number of furan rings is 1. The Labute approximate surface area is 176 Å². The Morgan fingerprint density at radius 3 is 2.53 bits per heavy atom. The molecule has 1 heterocycles. The molecule has 2 aliphatic carbocycles. The number of hydrogen-bond donors (Lipinski definition) is 5. The van der Waals surface area contributed by atoms with Gasteiger partial charge in [0.25, 0.3) is 0 Å². The summed E-state index contributed by atoms with van der Waals surface area (Å²) in [4.78, 5) is 11.9. The van der Waals surface area contributed by atoms with Crippen LogP contribution in [0.15, 0.2) is 10.5 Å². The van der Waals surface area contributed by atoms with Gasteiger partial charge >= 0.3 is 7.12 Å². The standard InChI is InChI=1S/C22H30BNO6/c1-11(25)24-13-6-7-15-21(2,3)8-5-9-22(15,4)16-12-10-14(26)18(27)17(23(28)29)19(12)30-20(13)16/h10,13,15,26-29H,5-9H2,1-4H3,(H,24,25)/t13?,15-,22-/m1/s1. The molecule has 3 atom stereocenters. The molecule has 0 spiro atoms. The third-order valence-corrected chi connectivity index (χ3v) is 7.49. The number of phenols is 2. The molecule has 30 heavy (non-hydrogen) atoms. The van der Waals surface area contributed by atoms with Gasteiger partial charge in [-0.15, -0.1) is 0 Å². The first-order chi connectivity index (χ1) is 14.0.